The monoisotopic (exact) mass is 471 g/mol. The SMILES string of the molecule is CC1CCC(NC(=O)CCC(=O)NNc2nc3ccccc3c3nc(-c4ccccc4)nn23)CC1. The highest BCUT2D eigenvalue weighted by atomic mass is 16.2. The molecule has 35 heavy (non-hydrogen) atoms. The lowest BCUT2D eigenvalue weighted by atomic mass is 9.87. The van der Waals surface area contributed by atoms with Crippen LogP contribution in [0.1, 0.15) is 45.4 Å². The van der Waals surface area contributed by atoms with E-state index in [-0.39, 0.29) is 30.7 Å². The van der Waals surface area contributed by atoms with Gasteiger partial charge in [0.1, 0.15) is 0 Å². The fourth-order valence-corrected chi connectivity index (χ4v) is 4.47. The first-order valence-corrected chi connectivity index (χ1v) is 12.1. The van der Waals surface area contributed by atoms with Crippen LogP contribution >= 0.6 is 0 Å². The molecule has 1 aliphatic rings. The van der Waals surface area contributed by atoms with Gasteiger partial charge in [-0.15, -0.1) is 5.10 Å². The van der Waals surface area contributed by atoms with E-state index in [1.54, 1.807) is 4.52 Å². The van der Waals surface area contributed by atoms with E-state index in [1.165, 1.54) is 0 Å². The van der Waals surface area contributed by atoms with Crippen molar-refractivity contribution >= 4 is 34.3 Å². The van der Waals surface area contributed by atoms with Crippen LogP contribution in [0.4, 0.5) is 5.95 Å². The van der Waals surface area contributed by atoms with Crippen molar-refractivity contribution in [3.05, 3.63) is 54.6 Å². The van der Waals surface area contributed by atoms with Crippen LogP contribution in [0.3, 0.4) is 0 Å². The highest BCUT2D eigenvalue weighted by Crippen LogP contribution is 2.24. The topological polar surface area (TPSA) is 113 Å². The van der Waals surface area contributed by atoms with E-state index in [4.69, 9.17) is 4.98 Å². The predicted molar refractivity (Wildman–Crippen MR) is 134 cm³/mol. The number of nitrogens with one attached hydrogen (secondary N) is 3. The molecule has 9 nitrogen and oxygen atoms in total. The van der Waals surface area contributed by atoms with Crippen molar-refractivity contribution < 1.29 is 9.59 Å². The average Bonchev–Trinajstić information content (AvgIpc) is 3.34. The minimum Gasteiger partial charge on any atom is -0.353 e. The van der Waals surface area contributed by atoms with Crippen LogP contribution in [0.5, 0.6) is 0 Å². The maximum atomic E-state index is 12.5. The zero-order valence-corrected chi connectivity index (χ0v) is 19.7. The molecule has 0 atom stereocenters. The van der Waals surface area contributed by atoms with E-state index in [2.05, 4.69) is 33.2 Å². The molecule has 180 valence electrons. The van der Waals surface area contributed by atoms with Gasteiger partial charge in [-0.1, -0.05) is 49.4 Å². The van der Waals surface area contributed by atoms with Crippen LogP contribution in [-0.4, -0.2) is 37.4 Å². The Morgan fingerprint density at radius 3 is 2.43 bits per heavy atom. The normalized spacial score (nSPS) is 17.9. The van der Waals surface area contributed by atoms with Gasteiger partial charge >= 0.3 is 0 Å². The molecule has 0 saturated heterocycles. The van der Waals surface area contributed by atoms with Crippen molar-refractivity contribution in [2.45, 2.75) is 51.5 Å². The molecule has 0 bridgehead atoms. The fraction of sp³-hybridized carbons (Fsp3) is 0.346. The quantitative estimate of drug-likeness (QED) is 0.353. The highest BCUT2D eigenvalue weighted by Gasteiger charge is 2.20. The zero-order chi connectivity index (χ0) is 24.2. The van der Waals surface area contributed by atoms with E-state index in [1.807, 2.05) is 54.6 Å². The molecule has 3 N–H and O–H groups in total. The first kappa shape index (κ1) is 22.8. The van der Waals surface area contributed by atoms with Gasteiger partial charge in [0, 0.05) is 29.8 Å². The molecule has 1 saturated carbocycles. The van der Waals surface area contributed by atoms with E-state index in [0.717, 1.165) is 48.1 Å². The van der Waals surface area contributed by atoms with Crippen LogP contribution < -0.4 is 16.2 Å². The maximum Gasteiger partial charge on any atom is 0.245 e. The van der Waals surface area contributed by atoms with Crippen molar-refractivity contribution in [2.75, 3.05) is 5.43 Å². The predicted octanol–water partition coefficient (Wildman–Crippen LogP) is 3.86. The first-order chi connectivity index (χ1) is 17.1. The van der Waals surface area contributed by atoms with Gasteiger partial charge in [0.15, 0.2) is 11.5 Å². The number of aromatic nitrogens is 4. The summed E-state index contributed by atoms with van der Waals surface area (Å²) in [6.07, 6.45) is 4.50. The second kappa shape index (κ2) is 10.1. The van der Waals surface area contributed by atoms with Crippen LogP contribution in [0.2, 0.25) is 0 Å². The number of carbonyl (C=O) groups is 2. The van der Waals surface area contributed by atoms with Crippen molar-refractivity contribution in [1.82, 2.24) is 30.3 Å². The van der Waals surface area contributed by atoms with Gasteiger partial charge in [-0.05, 0) is 43.7 Å². The fourth-order valence-electron chi connectivity index (χ4n) is 4.47. The summed E-state index contributed by atoms with van der Waals surface area (Å²) in [7, 11) is 0. The second-order valence-electron chi connectivity index (χ2n) is 9.19. The molecule has 2 aromatic carbocycles. The minimum absolute atomic E-state index is 0.0747. The maximum absolute atomic E-state index is 12.5. The lowest BCUT2D eigenvalue weighted by Crippen LogP contribution is -2.38. The Labute approximate surface area is 203 Å². The standard InChI is InChI=1S/C26H29N7O2/c1-17-11-13-19(14-12-17)27-22(34)15-16-23(35)30-31-26-28-21-10-6-5-9-20(21)25-29-24(32-33(25)26)18-7-3-2-4-8-18/h2-10,17,19H,11-16H2,1H3,(H,27,34)(H,28,31)(H,30,35). The number of hydrogen-bond acceptors (Lipinski definition) is 6. The number of benzene rings is 2. The van der Waals surface area contributed by atoms with E-state index in [9.17, 15) is 9.59 Å². The van der Waals surface area contributed by atoms with Crippen molar-refractivity contribution in [1.29, 1.82) is 0 Å². The summed E-state index contributed by atoms with van der Waals surface area (Å²) < 4.78 is 1.59. The summed E-state index contributed by atoms with van der Waals surface area (Å²) in [5, 5.41) is 8.53. The van der Waals surface area contributed by atoms with Crippen molar-refractivity contribution in [3.63, 3.8) is 0 Å². The van der Waals surface area contributed by atoms with Gasteiger partial charge < -0.3 is 5.32 Å². The third kappa shape index (κ3) is 5.24. The molecule has 5 rings (SSSR count). The Bertz CT molecular complexity index is 1340. The first-order valence-electron chi connectivity index (χ1n) is 12.1. The zero-order valence-electron chi connectivity index (χ0n) is 19.7. The molecule has 0 radical (unpaired) electrons. The van der Waals surface area contributed by atoms with Gasteiger partial charge in [0.2, 0.25) is 17.8 Å². The van der Waals surface area contributed by atoms with E-state index >= 15 is 0 Å². The number of fused-ring (bicyclic) bond motifs is 3. The Morgan fingerprint density at radius 2 is 1.63 bits per heavy atom. The summed E-state index contributed by atoms with van der Waals surface area (Å²) in [5.74, 6) is 1.23. The summed E-state index contributed by atoms with van der Waals surface area (Å²) in [6, 6.07) is 17.6. The Kier molecular flexibility index (Phi) is 6.56. The summed E-state index contributed by atoms with van der Waals surface area (Å²) in [4.78, 5) is 34.1. The molecular weight excluding hydrogens is 442 g/mol. The minimum atomic E-state index is -0.302. The smallest absolute Gasteiger partial charge is 0.245 e. The molecule has 9 heteroatoms. The third-order valence-corrected chi connectivity index (χ3v) is 6.48. The summed E-state index contributed by atoms with van der Waals surface area (Å²) in [6.45, 7) is 2.25. The Balaban J connectivity index is 1.26. The third-order valence-electron chi connectivity index (χ3n) is 6.48. The Morgan fingerprint density at radius 1 is 0.914 bits per heavy atom. The average molecular weight is 472 g/mol. The molecule has 0 aliphatic heterocycles. The number of hydrazine groups is 1. The molecule has 1 fully saturated rings. The van der Waals surface area contributed by atoms with Gasteiger partial charge in [-0.2, -0.15) is 4.52 Å². The molecule has 0 unspecified atom stereocenters. The molecule has 0 spiro atoms. The largest absolute Gasteiger partial charge is 0.353 e. The molecular formula is C26H29N7O2. The Hall–Kier alpha value is -4.01. The molecule has 2 heterocycles. The number of para-hydroxylation sites is 1. The number of carbonyl (C=O) groups excluding carboxylic acids is 2. The molecule has 1 aliphatic carbocycles. The van der Waals surface area contributed by atoms with Gasteiger partial charge in [-0.25, -0.2) is 9.97 Å². The summed E-state index contributed by atoms with van der Waals surface area (Å²) >= 11 is 0. The van der Waals surface area contributed by atoms with Crippen LogP contribution in [0, 0.1) is 5.92 Å². The second-order valence-corrected chi connectivity index (χ2v) is 9.19. The van der Waals surface area contributed by atoms with Crippen LogP contribution in [0.15, 0.2) is 54.6 Å². The van der Waals surface area contributed by atoms with Crippen molar-refractivity contribution in [3.8, 4) is 11.4 Å². The van der Waals surface area contributed by atoms with Gasteiger partial charge in [-0.3, -0.25) is 20.4 Å². The lowest BCUT2D eigenvalue weighted by Gasteiger charge is -2.26. The lowest BCUT2D eigenvalue weighted by molar-refractivity contribution is -0.126. The number of nitrogens with zero attached hydrogens (tertiary/aromatic N) is 4. The van der Waals surface area contributed by atoms with Gasteiger partial charge in [0.25, 0.3) is 0 Å². The molecule has 2 aromatic heterocycles. The number of rotatable bonds is 7. The van der Waals surface area contributed by atoms with Crippen LogP contribution in [0.25, 0.3) is 27.9 Å². The van der Waals surface area contributed by atoms with E-state index in [0.29, 0.717) is 17.4 Å². The molecule has 2 amide bonds. The molecule has 4 aromatic rings. The van der Waals surface area contributed by atoms with Crippen LogP contribution in [-0.2, 0) is 9.59 Å². The van der Waals surface area contributed by atoms with Gasteiger partial charge in [0.05, 0.1) is 5.52 Å². The number of amides is 2. The highest BCUT2D eigenvalue weighted by molar-refractivity contribution is 5.93. The van der Waals surface area contributed by atoms with E-state index < -0.39 is 0 Å². The van der Waals surface area contributed by atoms with Crippen molar-refractivity contribution in [2.24, 2.45) is 5.92 Å². The number of anilines is 1. The number of hydrogen-bond donors (Lipinski definition) is 3. The summed E-state index contributed by atoms with van der Waals surface area (Å²) in [5.41, 5.74) is 7.76.